The first-order valence-corrected chi connectivity index (χ1v) is 10.6. The second kappa shape index (κ2) is 8.97. The van der Waals surface area contributed by atoms with Crippen LogP contribution in [-0.2, 0) is 17.0 Å². The number of thiazole rings is 1. The maximum atomic E-state index is 11.9. The first-order chi connectivity index (χ1) is 14.2. The third-order valence-electron chi connectivity index (χ3n) is 3.78. The van der Waals surface area contributed by atoms with Gasteiger partial charge < -0.3 is 14.3 Å². The lowest BCUT2D eigenvalue weighted by molar-refractivity contribution is -0.116. The highest BCUT2D eigenvalue weighted by atomic mass is 32.2. The Labute approximate surface area is 174 Å². The fourth-order valence-electron chi connectivity index (χ4n) is 2.34. The number of anilines is 1. The SMILES string of the molecule is Cc1ccc(-c2nnc(SCc3noc(CCC(=O)Nc4nccs4)n3)o2)cc1. The summed E-state index contributed by atoms with van der Waals surface area (Å²) in [7, 11) is 0. The molecule has 29 heavy (non-hydrogen) atoms. The summed E-state index contributed by atoms with van der Waals surface area (Å²) in [5.41, 5.74) is 2.03. The Morgan fingerprint density at radius 2 is 2.10 bits per heavy atom. The Hall–Kier alpha value is -3.05. The minimum absolute atomic E-state index is 0.149. The van der Waals surface area contributed by atoms with E-state index in [4.69, 9.17) is 8.94 Å². The lowest BCUT2D eigenvalue weighted by Gasteiger charge is -1.98. The number of benzene rings is 1. The van der Waals surface area contributed by atoms with Crippen LogP contribution in [0.2, 0.25) is 0 Å². The molecule has 0 fully saturated rings. The van der Waals surface area contributed by atoms with E-state index in [2.05, 4.69) is 30.6 Å². The van der Waals surface area contributed by atoms with Crippen LogP contribution >= 0.6 is 23.1 Å². The number of hydrogen-bond donors (Lipinski definition) is 1. The van der Waals surface area contributed by atoms with Crippen molar-refractivity contribution < 1.29 is 13.7 Å². The third-order valence-corrected chi connectivity index (χ3v) is 5.29. The maximum absolute atomic E-state index is 11.9. The van der Waals surface area contributed by atoms with Crippen molar-refractivity contribution in [1.29, 1.82) is 0 Å². The molecule has 0 atom stereocenters. The van der Waals surface area contributed by atoms with Crippen LogP contribution in [0.15, 0.2) is 50.0 Å². The van der Waals surface area contributed by atoms with Crippen LogP contribution in [0.4, 0.5) is 5.13 Å². The van der Waals surface area contributed by atoms with E-state index < -0.39 is 0 Å². The van der Waals surface area contributed by atoms with Crippen LogP contribution < -0.4 is 5.32 Å². The molecule has 0 unspecified atom stereocenters. The monoisotopic (exact) mass is 428 g/mol. The number of rotatable bonds is 8. The van der Waals surface area contributed by atoms with E-state index in [1.807, 2.05) is 31.2 Å². The van der Waals surface area contributed by atoms with Gasteiger partial charge in [0, 0.05) is 30.0 Å². The Morgan fingerprint density at radius 3 is 2.90 bits per heavy atom. The van der Waals surface area contributed by atoms with Gasteiger partial charge in [0.05, 0.1) is 5.75 Å². The number of aromatic nitrogens is 5. The van der Waals surface area contributed by atoms with E-state index in [0.717, 1.165) is 11.1 Å². The summed E-state index contributed by atoms with van der Waals surface area (Å²) in [6, 6.07) is 7.86. The predicted molar refractivity (Wildman–Crippen MR) is 107 cm³/mol. The van der Waals surface area contributed by atoms with Gasteiger partial charge in [-0.15, -0.1) is 21.5 Å². The zero-order valence-corrected chi connectivity index (χ0v) is 17.0. The Bertz CT molecular complexity index is 1080. The van der Waals surface area contributed by atoms with Crippen LogP contribution in [0.25, 0.3) is 11.5 Å². The average Bonchev–Trinajstić information content (AvgIpc) is 3.47. The number of thioether (sulfide) groups is 1. The number of hydrogen-bond acceptors (Lipinski definition) is 10. The van der Waals surface area contributed by atoms with E-state index in [1.165, 1.54) is 23.1 Å². The van der Waals surface area contributed by atoms with Crippen LogP contribution in [0.5, 0.6) is 0 Å². The van der Waals surface area contributed by atoms with Crippen molar-refractivity contribution in [2.75, 3.05) is 5.32 Å². The molecule has 1 aromatic carbocycles. The molecule has 9 nitrogen and oxygen atoms in total. The number of nitrogens with one attached hydrogen (secondary N) is 1. The highest BCUT2D eigenvalue weighted by Gasteiger charge is 2.13. The van der Waals surface area contributed by atoms with Crippen LogP contribution in [-0.4, -0.2) is 31.2 Å². The second-order valence-electron chi connectivity index (χ2n) is 6.02. The van der Waals surface area contributed by atoms with Crippen LogP contribution in [0, 0.1) is 6.92 Å². The summed E-state index contributed by atoms with van der Waals surface area (Å²) in [6.45, 7) is 2.02. The van der Waals surface area contributed by atoms with Gasteiger partial charge in [0.2, 0.25) is 17.7 Å². The Kier molecular flexibility index (Phi) is 5.96. The topological polar surface area (TPSA) is 120 Å². The zero-order valence-electron chi connectivity index (χ0n) is 15.4. The van der Waals surface area contributed by atoms with Gasteiger partial charge in [-0.05, 0) is 19.1 Å². The van der Waals surface area contributed by atoms with Crippen molar-refractivity contribution in [3.05, 3.63) is 53.1 Å². The molecule has 3 heterocycles. The van der Waals surface area contributed by atoms with Gasteiger partial charge in [0.25, 0.3) is 5.22 Å². The molecule has 0 radical (unpaired) electrons. The van der Waals surface area contributed by atoms with Gasteiger partial charge in [-0.2, -0.15) is 4.98 Å². The standard InChI is InChI=1S/C18H16N6O3S2/c1-11-2-4-12(5-3-11)16-22-23-18(26-16)29-10-13-20-15(27-24-13)7-6-14(25)21-17-19-8-9-28-17/h2-5,8-9H,6-7,10H2,1H3,(H,19,21,25). The number of amides is 1. The van der Waals surface area contributed by atoms with Crippen molar-refractivity contribution in [1.82, 2.24) is 25.3 Å². The smallest absolute Gasteiger partial charge is 0.277 e. The number of aryl methyl sites for hydroxylation is 2. The molecule has 0 aliphatic carbocycles. The molecule has 11 heteroatoms. The summed E-state index contributed by atoms with van der Waals surface area (Å²) in [6.07, 6.45) is 2.22. The molecule has 0 saturated heterocycles. The lowest BCUT2D eigenvalue weighted by Crippen LogP contribution is -2.12. The molecule has 3 aromatic heterocycles. The van der Waals surface area contributed by atoms with Crippen molar-refractivity contribution in [3.63, 3.8) is 0 Å². The van der Waals surface area contributed by atoms with Crippen molar-refractivity contribution in [2.24, 2.45) is 0 Å². The van der Waals surface area contributed by atoms with Crippen molar-refractivity contribution in [2.45, 2.75) is 30.7 Å². The third kappa shape index (κ3) is 5.27. The number of carbonyl (C=O) groups excluding carboxylic acids is 1. The molecule has 0 spiro atoms. The molecule has 148 valence electrons. The molecule has 4 aromatic rings. The first-order valence-electron chi connectivity index (χ1n) is 8.70. The van der Waals surface area contributed by atoms with Gasteiger partial charge in [-0.1, -0.05) is 34.6 Å². The van der Waals surface area contributed by atoms with Crippen molar-refractivity contribution in [3.8, 4) is 11.5 Å². The second-order valence-corrected chi connectivity index (χ2v) is 7.84. The lowest BCUT2D eigenvalue weighted by atomic mass is 10.1. The van der Waals surface area contributed by atoms with E-state index >= 15 is 0 Å². The molecule has 0 bridgehead atoms. The van der Waals surface area contributed by atoms with E-state index in [9.17, 15) is 4.79 Å². The minimum Gasteiger partial charge on any atom is -0.411 e. The molecular formula is C18H16N6O3S2. The fraction of sp³-hybridized carbons (Fsp3) is 0.222. The van der Waals surface area contributed by atoms with E-state index in [1.54, 1.807) is 11.6 Å². The fourth-order valence-corrected chi connectivity index (χ4v) is 3.50. The molecule has 1 N–H and O–H groups in total. The Balaban J connectivity index is 1.26. The van der Waals surface area contributed by atoms with Gasteiger partial charge in [-0.25, -0.2) is 4.98 Å². The van der Waals surface area contributed by atoms with Crippen molar-refractivity contribution >= 4 is 34.1 Å². The summed E-state index contributed by atoms with van der Waals surface area (Å²) in [5.74, 6) is 1.64. The molecule has 0 aliphatic heterocycles. The molecular weight excluding hydrogens is 412 g/mol. The van der Waals surface area contributed by atoms with E-state index in [-0.39, 0.29) is 12.3 Å². The summed E-state index contributed by atoms with van der Waals surface area (Å²) < 4.78 is 10.9. The maximum Gasteiger partial charge on any atom is 0.277 e. The van der Waals surface area contributed by atoms with Crippen LogP contribution in [0.3, 0.4) is 0 Å². The minimum atomic E-state index is -0.149. The highest BCUT2D eigenvalue weighted by molar-refractivity contribution is 7.98. The zero-order chi connectivity index (χ0) is 20.1. The van der Waals surface area contributed by atoms with Gasteiger partial charge in [0.15, 0.2) is 11.0 Å². The molecule has 0 aliphatic rings. The normalized spacial score (nSPS) is 10.9. The van der Waals surface area contributed by atoms with Crippen LogP contribution in [0.1, 0.15) is 23.7 Å². The summed E-state index contributed by atoms with van der Waals surface area (Å²) in [4.78, 5) is 20.2. The molecule has 4 rings (SSSR count). The summed E-state index contributed by atoms with van der Waals surface area (Å²) in [5, 5.41) is 17.5. The highest BCUT2D eigenvalue weighted by Crippen LogP contribution is 2.25. The first kappa shape index (κ1) is 19.3. The van der Waals surface area contributed by atoms with E-state index in [0.29, 0.717) is 40.1 Å². The Morgan fingerprint density at radius 1 is 1.24 bits per heavy atom. The molecule has 0 saturated carbocycles. The van der Waals surface area contributed by atoms with Gasteiger partial charge >= 0.3 is 0 Å². The quantitative estimate of drug-likeness (QED) is 0.418. The predicted octanol–water partition coefficient (Wildman–Crippen LogP) is 3.75. The van der Waals surface area contributed by atoms with Gasteiger partial charge in [-0.3, -0.25) is 4.79 Å². The number of nitrogens with zero attached hydrogens (tertiary/aromatic N) is 5. The summed E-state index contributed by atoms with van der Waals surface area (Å²) >= 11 is 2.69. The van der Waals surface area contributed by atoms with Gasteiger partial charge in [0.1, 0.15) is 0 Å². The average molecular weight is 428 g/mol. The largest absolute Gasteiger partial charge is 0.411 e. The molecule has 1 amide bonds. The number of carbonyl (C=O) groups is 1.